The maximum absolute atomic E-state index is 15.0. The van der Waals surface area contributed by atoms with Crippen LogP contribution in [0.1, 0.15) is 17.3 Å². The number of halogens is 1. The lowest BCUT2D eigenvalue weighted by Gasteiger charge is -2.37. The molecular weight excluding hydrogens is 473 g/mol. The zero-order valence-electron chi connectivity index (χ0n) is 19.2. The fourth-order valence-electron chi connectivity index (χ4n) is 4.00. The van der Waals surface area contributed by atoms with Crippen molar-refractivity contribution < 1.29 is 23.5 Å². The molecule has 2 aliphatic rings. The third kappa shape index (κ3) is 5.86. The molecule has 4 rings (SSSR count). The van der Waals surface area contributed by atoms with Gasteiger partial charge in [-0.25, -0.2) is 9.18 Å². The summed E-state index contributed by atoms with van der Waals surface area (Å²) in [7, 11) is 0. The van der Waals surface area contributed by atoms with Gasteiger partial charge in [0.2, 0.25) is 5.91 Å². The molecule has 2 aliphatic heterocycles. The molecule has 0 radical (unpaired) electrons. The lowest BCUT2D eigenvalue weighted by Crippen LogP contribution is -2.52. The molecule has 2 heterocycles. The van der Waals surface area contributed by atoms with Crippen molar-refractivity contribution in [3.63, 3.8) is 0 Å². The van der Waals surface area contributed by atoms with E-state index in [0.717, 1.165) is 0 Å². The average molecular weight is 500 g/mol. The summed E-state index contributed by atoms with van der Waals surface area (Å²) in [6.45, 7) is 3.90. The molecule has 2 N–H and O–H groups in total. The maximum atomic E-state index is 15.0. The highest BCUT2D eigenvalue weighted by Gasteiger charge is 2.33. The highest BCUT2D eigenvalue weighted by atomic mass is 32.1. The van der Waals surface area contributed by atoms with Crippen LogP contribution >= 0.6 is 12.2 Å². The number of amides is 3. The summed E-state index contributed by atoms with van der Waals surface area (Å²) < 4.78 is 20.3. The van der Waals surface area contributed by atoms with Crippen molar-refractivity contribution >= 4 is 46.6 Å². The number of nitrogens with one attached hydrogen (secondary N) is 2. The summed E-state index contributed by atoms with van der Waals surface area (Å²) in [4.78, 5) is 40.8. The van der Waals surface area contributed by atoms with Gasteiger partial charge in [-0.05, 0) is 42.5 Å². The second-order valence-corrected chi connectivity index (χ2v) is 8.68. The number of ether oxygens (including phenoxy) is 1. The molecule has 0 spiro atoms. The van der Waals surface area contributed by atoms with Crippen LogP contribution in [-0.2, 0) is 9.53 Å². The number of piperazine rings is 1. The highest BCUT2D eigenvalue weighted by molar-refractivity contribution is 7.80. The summed E-state index contributed by atoms with van der Waals surface area (Å²) in [6.07, 6.45) is -1.07. The molecule has 35 heavy (non-hydrogen) atoms. The normalized spacial score (nSPS) is 17.7. The zero-order valence-corrected chi connectivity index (χ0v) is 20.0. The van der Waals surface area contributed by atoms with Crippen LogP contribution in [0.25, 0.3) is 0 Å². The second-order valence-electron chi connectivity index (χ2n) is 8.29. The fourth-order valence-corrected chi connectivity index (χ4v) is 4.28. The lowest BCUT2D eigenvalue weighted by molar-refractivity contribution is -0.119. The standard InChI is InChI=1S/C24H26FN5O4S/c1-16(31)26-14-19-15-30(24(33)34-19)18-7-8-21(20(25)13-18)28-9-11-29(12-10-28)23(35)27-22(32)17-5-3-2-4-6-17/h2-8,13,19H,9-12,14-15H2,1H3,(H,26,31)(H,27,32,35)/t19-/m0/s1. The Morgan fingerprint density at radius 3 is 2.49 bits per heavy atom. The number of hydrogen-bond acceptors (Lipinski definition) is 6. The van der Waals surface area contributed by atoms with E-state index in [9.17, 15) is 14.4 Å². The van der Waals surface area contributed by atoms with E-state index in [1.165, 1.54) is 17.9 Å². The highest BCUT2D eigenvalue weighted by Crippen LogP contribution is 2.28. The molecule has 11 heteroatoms. The van der Waals surface area contributed by atoms with Gasteiger partial charge < -0.3 is 19.9 Å². The minimum absolute atomic E-state index is 0.204. The number of thiocarbonyl (C=S) groups is 1. The number of cyclic esters (lactones) is 1. The quantitative estimate of drug-likeness (QED) is 0.609. The van der Waals surface area contributed by atoms with E-state index in [1.54, 1.807) is 36.4 Å². The van der Waals surface area contributed by atoms with Crippen LogP contribution in [0, 0.1) is 5.82 Å². The second kappa shape index (κ2) is 10.7. The Labute approximate surface area is 207 Å². The molecule has 2 fully saturated rings. The van der Waals surface area contributed by atoms with Crippen molar-refractivity contribution in [1.82, 2.24) is 15.5 Å². The first kappa shape index (κ1) is 24.4. The van der Waals surface area contributed by atoms with Crippen LogP contribution in [0.2, 0.25) is 0 Å². The average Bonchev–Trinajstić information content (AvgIpc) is 3.23. The van der Waals surface area contributed by atoms with E-state index in [2.05, 4.69) is 10.6 Å². The van der Waals surface area contributed by atoms with Crippen LogP contribution < -0.4 is 20.4 Å². The van der Waals surface area contributed by atoms with Gasteiger partial charge in [0.05, 0.1) is 24.5 Å². The summed E-state index contributed by atoms with van der Waals surface area (Å²) in [5.74, 6) is -0.928. The smallest absolute Gasteiger partial charge is 0.414 e. The van der Waals surface area contributed by atoms with Crippen molar-refractivity contribution in [3.8, 4) is 0 Å². The number of benzene rings is 2. The molecule has 3 amide bonds. The molecule has 0 saturated carbocycles. The van der Waals surface area contributed by atoms with Crippen LogP contribution in [0.5, 0.6) is 0 Å². The Morgan fingerprint density at radius 1 is 1.11 bits per heavy atom. The van der Waals surface area contributed by atoms with E-state index in [0.29, 0.717) is 48.2 Å². The Bertz CT molecular complexity index is 1120. The number of anilines is 2. The Morgan fingerprint density at radius 2 is 1.83 bits per heavy atom. The minimum atomic E-state index is -0.577. The third-order valence-electron chi connectivity index (χ3n) is 5.86. The number of rotatable bonds is 5. The molecule has 9 nitrogen and oxygen atoms in total. The Balaban J connectivity index is 1.32. The number of carbonyl (C=O) groups is 3. The molecule has 0 bridgehead atoms. The SMILES string of the molecule is CC(=O)NC[C@H]1CN(c2ccc(N3CCN(C(=S)NC(=O)c4ccccc4)CC3)c(F)c2)C(=O)O1. The van der Waals surface area contributed by atoms with Crippen molar-refractivity contribution in [1.29, 1.82) is 0 Å². The van der Waals surface area contributed by atoms with Crippen molar-refractivity contribution in [2.24, 2.45) is 0 Å². The van der Waals surface area contributed by atoms with Gasteiger partial charge in [-0.3, -0.25) is 19.8 Å². The summed E-state index contributed by atoms with van der Waals surface area (Å²) in [5, 5.41) is 5.70. The number of nitrogens with zero attached hydrogens (tertiary/aromatic N) is 3. The molecular formula is C24H26FN5O4S. The Hall–Kier alpha value is -3.73. The van der Waals surface area contributed by atoms with E-state index < -0.39 is 18.0 Å². The predicted molar refractivity (Wildman–Crippen MR) is 133 cm³/mol. The Kier molecular flexibility index (Phi) is 7.45. The van der Waals surface area contributed by atoms with Gasteiger partial charge in [-0.1, -0.05) is 18.2 Å². The summed E-state index contributed by atoms with van der Waals surface area (Å²) >= 11 is 5.39. The first-order chi connectivity index (χ1) is 16.8. The molecule has 2 aromatic rings. The van der Waals surface area contributed by atoms with Gasteiger partial charge in [-0.15, -0.1) is 0 Å². The van der Waals surface area contributed by atoms with E-state index in [4.69, 9.17) is 17.0 Å². The predicted octanol–water partition coefficient (Wildman–Crippen LogP) is 2.12. The number of hydrogen-bond donors (Lipinski definition) is 2. The van der Waals surface area contributed by atoms with Gasteiger partial charge in [0.25, 0.3) is 5.91 Å². The van der Waals surface area contributed by atoms with E-state index in [-0.39, 0.29) is 24.9 Å². The molecule has 1 atom stereocenters. The summed E-state index contributed by atoms with van der Waals surface area (Å²) in [6, 6.07) is 13.5. The van der Waals surface area contributed by atoms with Crippen LogP contribution in [0.4, 0.5) is 20.6 Å². The molecule has 0 aromatic heterocycles. The van der Waals surface area contributed by atoms with Crippen LogP contribution in [-0.4, -0.2) is 73.3 Å². The molecule has 2 saturated heterocycles. The molecule has 184 valence electrons. The van der Waals surface area contributed by atoms with Gasteiger partial charge in [-0.2, -0.15) is 0 Å². The lowest BCUT2D eigenvalue weighted by atomic mass is 10.2. The third-order valence-corrected chi connectivity index (χ3v) is 6.22. The van der Waals surface area contributed by atoms with E-state index in [1.807, 2.05) is 15.9 Å². The van der Waals surface area contributed by atoms with Gasteiger partial charge in [0, 0.05) is 38.7 Å². The monoisotopic (exact) mass is 499 g/mol. The largest absolute Gasteiger partial charge is 0.442 e. The van der Waals surface area contributed by atoms with Crippen molar-refractivity contribution in [3.05, 3.63) is 59.9 Å². The van der Waals surface area contributed by atoms with Crippen LogP contribution in [0.15, 0.2) is 48.5 Å². The van der Waals surface area contributed by atoms with Crippen molar-refractivity contribution in [2.75, 3.05) is 49.1 Å². The zero-order chi connectivity index (χ0) is 24.9. The van der Waals surface area contributed by atoms with E-state index >= 15 is 4.39 Å². The van der Waals surface area contributed by atoms with Gasteiger partial charge in [0.1, 0.15) is 11.9 Å². The van der Waals surface area contributed by atoms with Gasteiger partial charge in [0.15, 0.2) is 5.11 Å². The fraction of sp³-hybridized carbons (Fsp3) is 0.333. The first-order valence-electron chi connectivity index (χ1n) is 11.2. The molecule has 2 aromatic carbocycles. The number of carbonyl (C=O) groups excluding carboxylic acids is 3. The first-order valence-corrected chi connectivity index (χ1v) is 11.6. The minimum Gasteiger partial charge on any atom is -0.442 e. The summed E-state index contributed by atoms with van der Waals surface area (Å²) in [5.41, 5.74) is 1.35. The molecule has 0 aliphatic carbocycles. The maximum Gasteiger partial charge on any atom is 0.414 e. The van der Waals surface area contributed by atoms with Gasteiger partial charge >= 0.3 is 6.09 Å². The van der Waals surface area contributed by atoms with Crippen LogP contribution in [0.3, 0.4) is 0 Å². The topological polar surface area (TPSA) is 94.2 Å². The molecule has 0 unspecified atom stereocenters. The van der Waals surface area contributed by atoms with Crippen molar-refractivity contribution in [2.45, 2.75) is 13.0 Å².